The van der Waals surface area contributed by atoms with Gasteiger partial charge in [-0.1, -0.05) is 99.6 Å². The fourth-order valence-electron chi connectivity index (χ4n) is 4.39. The second-order valence-corrected chi connectivity index (χ2v) is 12.8. The highest BCUT2D eigenvalue weighted by Gasteiger charge is 2.51. The van der Waals surface area contributed by atoms with Crippen LogP contribution >= 0.6 is 7.82 Å². The third-order valence-corrected chi connectivity index (χ3v) is 8.16. The maximum absolute atomic E-state index is 12.7. The zero-order chi connectivity index (χ0) is 36.5. The molecule has 0 aromatic heterocycles. The van der Waals surface area contributed by atoms with Crippen LogP contribution in [0.25, 0.3) is 0 Å². The van der Waals surface area contributed by atoms with Crippen LogP contribution in [0.5, 0.6) is 0 Å². The van der Waals surface area contributed by atoms with Crippen LogP contribution in [0.1, 0.15) is 78.1 Å². The van der Waals surface area contributed by atoms with E-state index in [1.165, 1.54) is 0 Å². The Morgan fingerprint density at radius 2 is 1.20 bits per heavy atom. The highest BCUT2D eigenvalue weighted by atomic mass is 31.2. The minimum absolute atomic E-state index is 0.0108. The predicted molar refractivity (Wildman–Crippen MR) is 184 cm³/mol. The van der Waals surface area contributed by atoms with Crippen molar-refractivity contribution in [3.8, 4) is 0 Å². The number of carbonyl (C=O) groups is 2. The summed E-state index contributed by atoms with van der Waals surface area (Å²) in [5, 5.41) is 49.7. The molecule has 0 radical (unpaired) electrons. The largest absolute Gasteiger partial charge is 0.472 e. The van der Waals surface area contributed by atoms with Gasteiger partial charge in [0, 0.05) is 12.8 Å². The summed E-state index contributed by atoms with van der Waals surface area (Å²) >= 11 is 0. The summed E-state index contributed by atoms with van der Waals surface area (Å²) in [5.74, 6) is -1.27. The summed E-state index contributed by atoms with van der Waals surface area (Å²) in [6.07, 6.45) is 16.2. The molecule has 0 heterocycles. The van der Waals surface area contributed by atoms with Gasteiger partial charge in [-0.2, -0.15) is 0 Å². The van der Waals surface area contributed by atoms with Crippen molar-refractivity contribution in [2.75, 3.05) is 13.2 Å². The first-order chi connectivity index (χ1) is 23.4. The average Bonchev–Trinajstić information content (AvgIpc) is 3.07. The third-order valence-electron chi connectivity index (χ3n) is 7.17. The summed E-state index contributed by atoms with van der Waals surface area (Å²) in [5.41, 5.74) is 0. The van der Waals surface area contributed by atoms with E-state index in [1.54, 1.807) is 0 Å². The Labute approximate surface area is 289 Å². The first-order valence-electron chi connectivity index (χ1n) is 16.8. The molecule has 0 aromatic carbocycles. The number of hydrogen-bond acceptors (Lipinski definition) is 12. The lowest BCUT2D eigenvalue weighted by Gasteiger charge is -2.41. The number of carbonyl (C=O) groups excluding carboxylic acids is 2. The van der Waals surface area contributed by atoms with Gasteiger partial charge in [-0.05, 0) is 38.5 Å². The van der Waals surface area contributed by atoms with Crippen LogP contribution < -0.4 is 0 Å². The lowest BCUT2D eigenvalue weighted by Crippen LogP contribution is -2.64. The molecule has 49 heavy (non-hydrogen) atoms. The molecule has 1 aliphatic rings. The standard InChI is InChI=1S/C35H55O13P/c1-3-5-7-9-11-12-13-14-15-16-18-20-22-24-29(37)47-27(25-45-28(36)23-21-19-17-10-8-6-4-2)26-46-49(43,44)48-35-33(41)31(39)30(38)32(40)34(35)42/h5,7,9,11-19,27,30-35,38-42H,3-4,6,8,10,20-26H2,1-2H3,(H,43,44)/b7-5+,11-9+,13-12+,15-14+,18-16+,19-17+/t27?,30?,31-,32?,33?,34?,35?/m1/s1. The molecular formula is C35H55O13P. The third kappa shape index (κ3) is 19.9. The first-order valence-corrected chi connectivity index (χ1v) is 18.3. The van der Waals surface area contributed by atoms with Crippen molar-refractivity contribution in [1.29, 1.82) is 0 Å². The molecule has 278 valence electrons. The number of aliphatic hydroxyl groups is 5. The van der Waals surface area contributed by atoms with Crippen molar-refractivity contribution in [3.63, 3.8) is 0 Å². The molecule has 8 atom stereocenters. The molecule has 0 amide bonds. The van der Waals surface area contributed by atoms with Gasteiger partial charge in [-0.25, -0.2) is 4.57 Å². The van der Waals surface area contributed by atoms with Crippen molar-refractivity contribution in [2.24, 2.45) is 0 Å². The molecule has 1 saturated carbocycles. The van der Waals surface area contributed by atoms with E-state index in [0.29, 0.717) is 19.3 Å². The van der Waals surface area contributed by atoms with Crippen molar-refractivity contribution in [3.05, 3.63) is 72.9 Å². The first kappa shape index (κ1) is 44.3. The van der Waals surface area contributed by atoms with Crippen LogP contribution in [0, 0.1) is 0 Å². The number of aliphatic hydroxyl groups excluding tert-OH is 5. The van der Waals surface area contributed by atoms with Crippen LogP contribution in [0.2, 0.25) is 0 Å². The number of phosphoric ester groups is 1. The predicted octanol–water partition coefficient (Wildman–Crippen LogP) is 4.04. The maximum atomic E-state index is 12.7. The van der Waals surface area contributed by atoms with Crippen LogP contribution in [0.4, 0.5) is 0 Å². The van der Waals surface area contributed by atoms with E-state index < -0.39 is 75.7 Å². The Balaban J connectivity index is 2.70. The molecule has 6 N–H and O–H groups in total. The Bertz CT molecular complexity index is 1150. The average molecular weight is 715 g/mol. The Kier molecular flexibility index (Phi) is 23.6. The van der Waals surface area contributed by atoms with E-state index >= 15 is 0 Å². The minimum atomic E-state index is -5.13. The van der Waals surface area contributed by atoms with Gasteiger partial charge in [-0.3, -0.25) is 18.6 Å². The summed E-state index contributed by atoms with van der Waals surface area (Å²) in [4.78, 5) is 35.1. The van der Waals surface area contributed by atoms with Crippen LogP contribution in [-0.2, 0) is 32.7 Å². The van der Waals surface area contributed by atoms with Gasteiger partial charge in [-0.15, -0.1) is 0 Å². The molecule has 0 saturated heterocycles. The molecule has 0 spiro atoms. The zero-order valence-electron chi connectivity index (χ0n) is 28.4. The zero-order valence-corrected chi connectivity index (χ0v) is 29.3. The number of phosphoric acid groups is 1. The number of hydrogen-bond donors (Lipinski definition) is 6. The summed E-state index contributed by atoms with van der Waals surface area (Å²) < 4.78 is 32.9. The van der Waals surface area contributed by atoms with Crippen LogP contribution in [0.3, 0.4) is 0 Å². The summed E-state index contributed by atoms with van der Waals surface area (Å²) in [7, 11) is -5.13. The van der Waals surface area contributed by atoms with Crippen LogP contribution in [-0.4, -0.2) is 98.3 Å². The van der Waals surface area contributed by atoms with Gasteiger partial charge in [0.25, 0.3) is 0 Å². The number of rotatable bonds is 24. The van der Waals surface area contributed by atoms with E-state index in [1.807, 2.05) is 72.9 Å². The molecule has 1 fully saturated rings. The van der Waals surface area contributed by atoms with Gasteiger partial charge in [0.1, 0.15) is 43.2 Å². The van der Waals surface area contributed by atoms with E-state index in [2.05, 4.69) is 13.8 Å². The van der Waals surface area contributed by atoms with Crippen molar-refractivity contribution in [1.82, 2.24) is 0 Å². The quantitative estimate of drug-likeness (QED) is 0.0275. The van der Waals surface area contributed by atoms with E-state index in [0.717, 1.165) is 32.1 Å². The van der Waals surface area contributed by atoms with Gasteiger partial charge < -0.3 is 39.9 Å². The van der Waals surface area contributed by atoms with Crippen molar-refractivity contribution in [2.45, 2.75) is 121 Å². The Hall–Kier alpha value is -2.71. The van der Waals surface area contributed by atoms with Gasteiger partial charge in [0.15, 0.2) is 6.10 Å². The van der Waals surface area contributed by atoms with Crippen LogP contribution in [0.15, 0.2) is 72.9 Å². The fraction of sp³-hybridized carbons (Fsp3) is 0.600. The highest BCUT2D eigenvalue weighted by Crippen LogP contribution is 2.47. The molecule has 0 bridgehead atoms. The van der Waals surface area contributed by atoms with E-state index in [4.69, 9.17) is 18.5 Å². The summed E-state index contributed by atoms with van der Waals surface area (Å²) in [6, 6.07) is 0. The topological polar surface area (TPSA) is 210 Å². The number of allylic oxidation sites excluding steroid dienone is 12. The summed E-state index contributed by atoms with van der Waals surface area (Å²) in [6.45, 7) is 2.90. The maximum Gasteiger partial charge on any atom is 0.472 e. The molecule has 1 aliphatic carbocycles. The van der Waals surface area contributed by atoms with E-state index in [9.17, 15) is 44.6 Å². The molecule has 14 heteroatoms. The number of ether oxygens (including phenoxy) is 2. The molecule has 0 aliphatic heterocycles. The van der Waals surface area contributed by atoms with Gasteiger partial charge in [0.2, 0.25) is 0 Å². The smallest absolute Gasteiger partial charge is 0.462 e. The second kappa shape index (κ2) is 26.1. The molecular weight excluding hydrogens is 659 g/mol. The molecule has 1 rings (SSSR count). The lowest BCUT2D eigenvalue weighted by molar-refractivity contribution is -0.220. The SMILES string of the molecule is CC/C=C/C=C/C=C/C=C/C=C/CCCC(=O)OC(COC(=O)CC/C=C/CCCCC)COP(=O)(O)OC1C(O)C(O)C(O)[C@@H](O)C1O. The fourth-order valence-corrected chi connectivity index (χ4v) is 5.36. The molecule has 7 unspecified atom stereocenters. The minimum Gasteiger partial charge on any atom is -0.462 e. The second-order valence-electron chi connectivity index (χ2n) is 11.4. The van der Waals surface area contributed by atoms with Crippen molar-refractivity contribution < 1.29 is 63.1 Å². The number of unbranched alkanes of at least 4 members (excludes halogenated alkanes) is 4. The number of esters is 2. The normalized spacial score (nSPS) is 25.3. The Morgan fingerprint density at radius 3 is 1.82 bits per heavy atom. The van der Waals surface area contributed by atoms with Gasteiger partial charge >= 0.3 is 19.8 Å². The lowest BCUT2D eigenvalue weighted by atomic mass is 9.85. The molecule has 13 nitrogen and oxygen atoms in total. The Morgan fingerprint density at radius 1 is 0.653 bits per heavy atom. The van der Waals surface area contributed by atoms with E-state index in [-0.39, 0.29) is 12.8 Å². The monoisotopic (exact) mass is 714 g/mol. The van der Waals surface area contributed by atoms with Gasteiger partial charge in [0.05, 0.1) is 6.61 Å². The van der Waals surface area contributed by atoms with Crippen molar-refractivity contribution >= 4 is 19.8 Å². The molecule has 0 aromatic rings. The highest BCUT2D eigenvalue weighted by molar-refractivity contribution is 7.47.